The molecule has 4 aliphatic rings. The number of carbonyl (C=O) groups is 3. The third kappa shape index (κ3) is 1.97. The van der Waals surface area contributed by atoms with Crippen molar-refractivity contribution >= 4 is 34.6 Å². The fourth-order valence-electron chi connectivity index (χ4n) is 5.45. The Labute approximate surface area is 172 Å². The predicted molar refractivity (Wildman–Crippen MR) is 105 cm³/mol. The van der Waals surface area contributed by atoms with E-state index >= 15 is 0 Å². The van der Waals surface area contributed by atoms with Gasteiger partial charge in [-0.1, -0.05) is 0 Å². The second-order valence-electron chi connectivity index (χ2n) is 8.38. The Morgan fingerprint density at radius 1 is 1.03 bits per heavy atom. The summed E-state index contributed by atoms with van der Waals surface area (Å²) in [4.78, 5) is 48.3. The largest absolute Gasteiger partial charge is 0.454 e. The van der Waals surface area contributed by atoms with Crippen molar-refractivity contribution in [3.8, 4) is 11.5 Å². The summed E-state index contributed by atoms with van der Waals surface area (Å²) in [7, 11) is 2.90. The van der Waals surface area contributed by atoms with E-state index in [0.717, 1.165) is 38.5 Å². The first-order valence-electron chi connectivity index (χ1n) is 10.0. The van der Waals surface area contributed by atoms with Crippen molar-refractivity contribution in [1.82, 2.24) is 14.8 Å². The third-order valence-corrected chi connectivity index (χ3v) is 6.87. The minimum absolute atomic E-state index is 0.179. The smallest absolute Gasteiger partial charge is 0.332 e. The molecule has 2 aromatic rings. The first-order valence-corrected chi connectivity index (χ1v) is 10.0. The summed E-state index contributed by atoms with van der Waals surface area (Å²) in [6.45, 7) is 0.892. The normalized spacial score (nSPS) is 24.1. The van der Waals surface area contributed by atoms with Gasteiger partial charge in [-0.25, -0.2) is 9.78 Å². The van der Waals surface area contributed by atoms with Crippen LogP contribution in [0.5, 0.6) is 11.5 Å². The maximum absolute atomic E-state index is 13.4. The molecule has 1 aromatic carbocycles. The zero-order chi connectivity index (χ0) is 20.8. The number of fused-ring (bicyclic) bond motifs is 6. The number of barbiturate groups is 1. The van der Waals surface area contributed by atoms with Gasteiger partial charge in [0.15, 0.2) is 16.9 Å². The van der Waals surface area contributed by atoms with Gasteiger partial charge in [0.05, 0.1) is 11.6 Å². The van der Waals surface area contributed by atoms with Crippen LogP contribution in [0.4, 0.5) is 10.6 Å². The lowest BCUT2D eigenvalue weighted by molar-refractivity contribution is -0.159. The molecule has 0 saturated carbocycles. The van der Waals surface area contributed by atoms with E-state index in [2.05, 4.69) is 4.90 Å². The standard InChI is InChI=1S/C21H20N4O5/c1-23-18(26)21(19(27)24(2)20(23)28)9-12-6-11-7-14-15(30-10-29-14)8-13(11)22-17(12)25-5-3-4-16(21)25/h6-8,16H,3-5,9-10H2,1-2H3/t16-/m1/s1. The molecular weight excluding hydrogens is 388 g/mol. The van der Waals surface area contributed by atoms with Crippen LogP contribution in [-0.4, -0.2) is 66.1 Å². The highest BCUT2D eigenvalue weighted by molar-refractivity contribution is 6.20. The number of hydrogen-bond donors (Lipinski definition) is 0. The number of ether oxygens (including phenoxy) is 2. The molecule has 1 spiro atoms. The van der Waals surface area contributed by atoms with Gasteiger partial charge in [0, 0.05) is 38.5 Å². The number of amides is 4. The summed E-state index contributed by atoms with van der Waals surface area (Å²) in [6, 6.07) is 4.81. The fraction of sp³-hybridized carbons (Fsp3) is 0.429. The zero-order valence-electron chi connectivity index (χ0n) is 16.7. The van der Waals surface area contributed by atoms with Crippen LogP contribution in [0.15, 0.2) is 18.2 Å². The molecule has 4 aliphatic heterocycles. The van der Waals surface area contributed by atoms with Crippen molar-refractivity contribution in [3.05, 3.63) is 23.8 Å². The van der Waals surface area contributed by atoms with Crippen LogP contribution in [0.1, 0.15) is 18.4 Å². The SMILES string of the molecule is CN1C(=O)N(C)C(=O)C2(Cc3cc4cc5c(cc4nc3N3CCC[C@@H]32)OCO5)C1=O. The van der Waals surface area contributed by atoms with E-state index < -0.39 is 23.3 Å². The van der Waals surface area contributed by atoms with Crippen LogP contribution >= 0.6 is 0 Å². The average molecular weight is 408 g/mol. The molecule has 6 rings (SSSR count). The highest BCUT2D eigenvalue weighted by Crippen LogP contribution is 2.49. The molecule has 5 heterocycles. The monoisotopic (exact) mass is 408 g/mol. The molecule has 0 aliphatic carbocycles. The van der Waals surface area contributed by atoms with Gasteiger partial charge in [0.2, 0.25) is 18.6 Å². The first-order chi connectivity index (χ1) is 14.4. The second-order valence-corrected chi connectivity index (χ2v) is 8.38. The number of hydrogen-bond acceptors (Lipinski definition) is 7. The van der Waals surface area contributed by atoms with Crippen LogP contribution in [0.2, 0.25) is 0 Å². The summed E-state index contributed by atoms with van der Waals surface area (Å²) in [5, 5.41) is 0.860. The Kier molecular flexibility index (Phi) is 3.28. The van der Waals surface area contributed by atoms with Crippen LogP contribution < -0.4 is 14.4 Å². The van der Waals surface area contributed by atoms with E-state index in [1.165, 1.54) is 14.1 Å². The number of pyridine rings is 1. The quantitative estimate of drug-likeness (QED) is 0.611. The van der Waals surface area contributed by atoms with E-state index in [4.69, 9.17) is 14.5 Å². The molecule has 9 heteroatoms. The number of carbonyl (C=O) groups excluding carboxylic acids is 3. The van der Waals surface area contributed by atoms with Crippen molar-refractivity contribution in [2.45, 2.75) is 25.3 Å². The van der Waals surface area contributed by atoms with Crippen LogP contribution in [0.25, 0.3) is 10.9 Å². The third-order valence-electron chi connectivity index (χ3n) is 6.87. The van der Waals surface area contributed by atoms with Crippen molar-refractivity contribution in [2.75, 3.05) is 32.3 Å². The Morgan fingerprint density at radius 2 is 1.73 bits per heavy atom. The molecule has 154 valence electrons. The minimum Gasteiger partial charge on any atom is -0.454 e. The molecule has 0 bridgehead atoms. The number of anilines is 1. The van der Waals surface area contributed by atoms with Crippen molar-refractivity contribution < 1.29 is 23.9 Å². The van der Waals surface area contributed by atoms with Gasteiger partial charge in [0.25, 0.3) is 0 Å². The number of benzene rings is 1. The van der Waals surface area contributed by atoms with Crippen LogP contribution in [0.3, 0.4) is 0 Å². The van der Waals surface area contributed by atoms with Gasteiger partial charge in [-0.05, 0) is 30.5 Å². The van der Waals surface area contributed by atoms with Gasteiger partial charge in [-0.15, -0.1) is 0 Å². The lowest BCUT2D eigenvalue weighted by atomic mass is 9.68. The van der Waals surface area contributed by atoms with Crippen molar-refractivity contribution in [1.29, 1.82) is 0 Å². The molecule has 2 saturated heterocycles. The molecule has 0 N–H and O–H groups in total. The summed E-state index contributed by atoms with van der Waals surface area (Å²) in [5.74, 6) is 1.27. The molecule has 1 atom stereocenters. The van der Waals surface area contributed by atoms with Crippen LogP contribution in [-0.2, 0) is 16.0 Å². The highest BCUT2D eigenvalue weighted by Gasteiger charge is 2.64. The van der Waals surface area contributed by atoms with E-state index in [-0.39, 0.29) is 19.3 Å². The fourth-order valence-corrected chi connectivity index (χ4v) is 5.45. The number of nitrogens with zero attached hydrogens (tertiary/aromatic N) is 4. The number of urea groups is 1. The number of aromatic nitrogens is 1. The maximum atomic E-state index is 13.4. The summed E-state index contributed by atoms with van der Waals surface area (Å²) >= 11 is 0. The molecule has 30 heavy (non-hydrogen) atoms. The van der Waals surface area contributed by atoms with Gasteiger partial charge in [0.1, 0.15) is 5.82 Å². The summed E-state index contributed by atoms with van der Waals surface area (Å²) in [6.07, 6.45) is 1.78. The van der Waals surface area contributed by atoms with E-state index in [1.54, 1.807) is 0 Å². The first kappa shape index (κ1) is 17.5. The van der Waals surface area contributed by atoms with Gasteiger partial charge in [-0.2, -0.15) is 0 Å². The van der Waals surface area contributed by atoms with Gasteiger partial charge >= 0.3 is 6.03 Å². The summed E-state index contributed by atoms with van der Waals surface area (Å²) < 4.78 is 11.0. The molecule has 4 amide bonds. The van der Waals surface area contributed by atoms with Gasteiger partial charge < -0.3 is 14.4 Å². The molecule has 2 fully saturated rings. The molecular formula is C21H20N4O5. The summed E-state index contributed by atoms with van der Waals surface area (Å²) in [5.41, 5.74) is 0.301. The maximum Gasteiger partial charge on any atom is 0.332 e. The molecule has 9 nitrogen and oxygen atoms in total. The Bertz CT molecular complexity index is 1140. The van der Waals surface area contributed by atoms with E-state index in [1.807, 2.05) is 18.2 Å². The highest BCUT2D eigenvalue weighted by atomic mass is 16.7. The Balaban J connectivity index is 1.56. The number of imide groups is 2. The Hall–Kier alpha value is -3.36. The predicted octanol–water partition coefficient (Wildman–Crippen LogP) is 1.53. The molecule has 0 radical (unpaired) electrons. The van der Waals surface area contributed by atoms with Crippen LogP contribution in [0, 0.1) is 5.41 Å². The number of rotatable bonds is 0. The molecule has 0 unspecified atom stereocenters. The van der Waals surface area contributed by atoms with E-state index in [0.29, 0.717) is 24.5 Å². The Morgan fingerprint density at radius 3 is 2.47 bits per heavy atom. The average Bonchev–Trinajstić information content (AvgIpc) is 3.41. The van der Waals surface area contributed by atoms with E-state index in [9.17, 15) is 14.4 Å². The zero-order valence-corrected chi connectivity index (χ0v) is 16.7. The second kappa shape index (κ2) is 5.62. The lowest BCUT2D eigenvalue weighted by Gasteiger charge is -2.50. The van der Waals surface area contributed by atoms with Gasteiger partial charge in [-0.3, -0.25) is 19.4 Å². The molecule has 1 aromatic heterocycles. The lowest BCUT2D eigenvalue weighted by Crippen LogP contribution is -2.70. The minimum atomic E-state index is -1.31. The van der Waals surface area contributed by atoms with Crippen molar-refractivity contribution in [2.24, 2.45) is 5.41 Å². The van der Waals surface area contributed by atoms with Crippen molar-refractivity contribution in [3.63, 3.8) is 0 Å². The topological polar surface area (TPSA) is 92.3 Å².